The fraction of sp³-hybridized carbons (Fsp3) is 0.950. The highest BCUT2D eigenvalue weighted by molar-refractivity contribution is 5.72. The lowest BCUT2D eigenvalue weighted by Gasteiger charge is -2.29. The second kappa shape index (κ2) is 17.8. The largest absolute Gasteiger partial charge is 0.463 e. The van der Waals surface area contributed by atoms with E-state index in [4.69, 9.17) is 20.1 Å². The molecule has 6 atom stereocenters. The van der Waals surface area contributed by atoms with Gasteiger partial charge in [-0.2, -0.15) is 0 Å². The minimum absolute atomic E-state index is 0.0974. The maximum Gasteiger partial charge on any atom is 0.309 e. The minimum atomic E-state index is -1.23. The van der Waals surface area contributed by atoms with E-state index in [1.54, 1.807) is 0 Å². The first-order valence-corrected chi connectivity index (χ1v) is 10.6. The highest BCUT2D eigenvalue weighted by Gasteiger charge is 2.33. The molecule has 0 aromatic heterocycles. The zero-order valence-corrected chi connectivity index (χ0v) is 17.6. The molecule has 0 aliphatic carbocycles. The third-order valence-electron chi connectivity index (χ3n) is 5.10. The Hall–Kier alpha value is -0.850. The SMILES string of the molecule is O=C(OCC(O)CO)C(CC(O)CO)C(CCCCCCC(O)CO)CC(O)CO. The molecule has 180 valence electrons. The van der Waals surface area contributed by atoms with Crippen LogP contribution in [-0.4, -0.2) is 104 Å². The summed E-state index contributed by atoms with van der Waals surface area (Å²) in [5.41, 5.74) is 0. The van der Waals surface area contributed by atoms with Crippen LogP contribution in [0.4, 0.5) is 0 Å². The van der Waals surface area contributed by atoms with E-state index in [0.717, 1.165) is 19.3 Å². The van der Waals surface area contributed by atoms with Crippen molar-refractivity contribution >= 4 is 5.97 Å². The van der Waals surface area contributed by atoms with Gasteiger partial charge < -0.3 is 45.6 Å². The monoisotopic (exact) mass is 440 g/mol. The molecule has 0 amide bonds. The van der Waals surface area contributed by atoms with E-state index in [-0.39, 0.29) is 19.4 Å². The number of ether oxygens (including phenoxy) is 1. The van der Waals surface area contributed by atoms with Crippen molar-refractivity contribution in [1.82, 2.24) is 0 Å². The number of carbonyl (C=O) groups excluding carboxylic acids is 1. The Morgan fingerprint density at radius 2 is 1.13 bits per heavy atom. The van der Waals surface area contributed by atoms with Crippen LogP contribution in [0.25, 0.3) is 0 Å². The third kappa shape index (κ3) is 13.5. The summed E-state index contributed by atoms with van der Waals surface area (Å²) < 4.78 is 5.04. The first kappa shape index (κ1) is 29.1. The van der Waals surface area contributed by atoms with Gasteiger partial charge in [-0.25, -0.2) is 0 Å². The molecule has 0 fully saturated rings. The molecule has 0 saturated heterocycles. The molecule has 8 N–H and O–H groups in total. The molecule has 0 aromatic rings. The number of unbranched alkanes of at least 4 members (excludes halogenated alkanes) is 3. The molecule has 10 heteroatoms. The summed E-state index contributed by atoms with van der Waals surface area (Å²) in [6.45, 7) is -2.30. The molecule has 0 aliphatic heterocycles. The van der Waals surface area contributed by atoms with Crippen molar-refractivity contribution in [3.63, 3.8) is 0 Å². The number of esters is 1. The highest BCUT2D eigenvalue weighted by Crippen LogP contribution is 2.29. The van der Waals surface area contributed by atoms with Gasteiger partial charge in [0.25, 0.3) is 0 Å². The Morgan fingerprint density at radius 1 is 0.633 bits per heavy atom. The lowest BCUT2D eigenvalue weighted by molar-refractivity contribution is -0.156. The predicted molar refractivity (Wildman–Crippen MR) is 107 cm³/mol. The van der Waals surface area contributed by atoms with Crippen LogP contribution in [0.3, 0.4) is 0 Å². The van der Waals surface area contributed by atoms with Crippen LogP contribution in [0.2, 0.25) is 0 Å². The molecule has 30 heavy (non-hydrogen) atoms. The fourth-order valence-corrected chi connectivity index (χ4v) is 3.33. The molecular weight excluding hydrogens is 400 g/mol. The lowest BCUT2D eigenvalue weighted by Crippen LogP contribution is -2.35. The maximum atomic E-state index is 12.6. The molecule has 0 heterocycles. The van der Waals surface area contributed by atoms with E-state index in [1.165, 1.54) is 0 Å². The van der Waals surface area contributed by atoms with Crippen LogP contribution >= 0.6 is 0 Å². The number of hydrogen-bond acceptors (Lipinski definition) is 10. The second-order valence-corrected chi connectivity index (χ2v) is 7.81. The van der Waals surface area contributed by atoms with Gasteiger partial charge in [0, 0.05) is 0 Å². The van der Waals surface area contributed by atoms with Gasteiger partial charge in [-0.1, -0.05) is 25.7 Å². The number of hydrogen-bond donors (Lipinski definition) is 8. The van der Waals surface area contributed by atoms with E-state index < -0.39 is 68.6 Å². The van der Waals surface area contributed by atoms with Crippen LogP contribution in [0.5, 0.6) is 0 Å². The van der Waals surface area contributed by atoms with Gasteiger partial charge in [0.2, 0.25) is 0 Å². The van der Waals surface area contributed by atoms with Crippen LogP contribution in [0.1, 0.15) is 51.4 Å². The summed E-state index contributed by atoms with van der Waals surface area (Å²) >= 11 is 0. The summed E-state index contributed by atoms with van der Waals surface area (Å²) in [5, 5.41) is 74.5. The summed E-state index contributed by atoms with van der Waals surface area (Å²) in [4.78, 5) is 12.6. The van der Waals surface area contributed by atoms with Gasteiger partial charge >= 0.3 is 5.97 Å². The first-order valence-electron chi connectivity index (χ1n) is 10.6. The third-order valence-corrected chi connectivity index (χ3v) is 5.10. The van der Waals surface area contributed by atoms with Crippen molar-refractivity contribution in [2.75, 3.05) is 33.0 Å². The van der Waals surface area contributed by atoms with E-state index in [1.807, 2.05) is 0 Å². The van der Waals surface area contributed by atoms with Gasteiger partial charge in [-0.3, -0.25) is 4.79 Å². The van der Waals surface area contributed by atoms with Crippen molar-refractivity contribution in [2.24, 2.45) is 11.8 Å². The normalized spacial score (nSPS) is 17.7. The Labute approximate surface area is 177 Å². The summed E-state index contributed by atoms with van der Waals surface area (Å²) in [7, 11) is 0. The Bertz CT molecular complexity index is 422. The molecule has 0 spiro atoms. The Kier molecular flexibility index (Phi) is 17.3. The standard InChI is InChI=1S/C20H40O10/c21-9-15(25)6-4-2-1-3-5-14(7-16(26)10-22)19(8-17(27)11-23)20(29)30-13-18(28)12-24/h14-19,21-28H,1-13H2. The number of aliphatic hydroxyl groups excluding tert-OH is 8. The van der Waals surface area contributed by atoms with Crippen molar-refractivity contribution in [3.8, 4) is 0 Å². The van der Waals surface area contributed by atoms with Crippen molar-refractivity contribution in [2.45, 2.75) is 75.8 Å². The highest BCUT2D eigenvalue weighted by atomic mass is 16.5. The average molecular weight is 441 g/mol. The topological polar surface area (TPSA) is 188 Å². The summed E-state index contributed by atoms with van der Waals surface area (Å²) in [6, 6.07) is 0. The van der Waals surface area contributed by atoms with Crippen molar-refractivity contribution < 1.29 is 50.4 Å². The molecular formula is C20H40O10. The minimum Gasteiger partial charge on any atom is -0.463 e. The molecule has 0 radical (unpaired) electrons. The molecule has 0 saturated carbocycles. The lowest BCUT2D eigenvalue weighted by atomic mass is 9.80. The van der Waals surface area contributed by atoms with Crippen LogP contribution in [0, 0.1) is 11.8 Å². The molecule has 0 bridgehead atoms. The van der Waals surface area contributed by atoms with Gasteiger partial charge in [0.1, 0.15) is 12.7 Å². The number of aliphatic hydroxyl groups is 8. The van der Waals surface area contributed by atoms with Crippen molar-refractivity contribution in [3.05, 3.63) is 0 Å². The van der Waals surface area contributed by atoms with E-state index >= 15 is 0 Å². The predicted octanol–water partition coefficient (Wildman–Crippen LogP) is -1.70. The van der Waals surface area contributed by atoms with Gasteiger partial charge in [-0.05, 0) is 31.6 Å². The van der Waals surface area contributed by atoms with E-state index in [2.05, 4.69) is 0 Å². The zero-order valence-electron chi connectivity index (χ0n) is 17.6. The molecule has 0 aromatic carbocycles. The summed E-state index contributed by atoms with van der Waals surface area (Å²) in [6.07, 6.45) is -0.168. The molecule has 0 aliphatic rings. The maximum absolute atomic E-state index is 12.6. The van der Waals surface area contributed by atoms with Crippen LogP contribution in [-0.2, 0) is 9.53 Å². The molecule has 6 unspecified atom stereocenters. The van der Waals surface area contributed by atoms with Crippen molar-refractivity contribution in [1.29, 1.82) is 0 Å². The summed E-state index contributed by atoms with van der Waals surface area (Å²) in [5.74, 6) is -2.01. The Balaban J connectivity index is 4.96. The average Bonchev–Trinajstić information content (AvgIpc) is 2.76. The van der Waals surface area contributed by atoms with Crippen LogP contribution in [0.15, 0.2) is 0 Å². The molecule has 10 nitrogen and oxygen atoms in total. The first-order chi connectivity index (χ1) is 14.3. The van der Waals surface area contributed by atoms with Crippen LogP contribution < -0.4 is 0 Å². The van der Waals surface area contributed by atoms with Gasteiger partial charge in [0.15, 0.2) is 0 Å². The quantitative estimate of drug-likeness (QED) is 0.0849. The number of carbonyl (C=O) groups is 1. The Morgan fingerprint density at radius 3 is 1.67 bits per heavy atom. The van der Waals surface area contributed by atoms with Gasteiger partial charge in [0.05, 0.1) is 50.7 Å². The van der Waals surface area contributed by atoms with E-state index in [0.29, 0.717) is 19.3 Å². The zero-order chi connectivity index (χ0) is 22.9. The fourth-order valence-electron chi connectivity index (χ4n) is 3.33. The smallest absolute Gasteiger partial charge is 0.309 e. The number of rotatable bonds is 19. The molecule has 0 rings (SSSR count). The van der Waals surface area contributed by atoms with Gasteiger partial charge in [-0.15, -0.1) is 0 Å². The second-order valence-electron chi connectivity index (χ2n) is 7.81. The van der Waals surface area contributed by atoms with E-state index in [9.17, 15) is 30.3 Å².